The van der Waals surface area contributed by atoms with Crippen molar-refractivity contribution in [2.75, 3.05) is 7.05 Å². The maximum atomic E-state index is 13.3. The van der Waals surface area contributed by atoms with Crippen LogP contribution in [0.5, 0.6) is 0 Å². The van der Waals surface area contributed by atoms with Crippen molar-refractivity contribution in [2.45, 2.75) is 38.1 Å². The molecule has 25 heavy (non-hydrogen) atoms. The van der Waals surface area contributed by atoms with Crippen LogP contribution in [0.3, 0.4) is 0 Å². The lowest BCUT2D eigenvalue weighted by atomic mass is 9.84. The molecule has 0 bridgehead atoms. The van der Waals surface area contributed by atoms with E-state index in [1.807, 2.05) is 39.0 Å². The molecule has 0 saturated heterocycles. The van der Waals surface area contributed by atoms with Crippen molar-refractivity contribution in [1.82, 2.24) is 9.29 Å². The number of hydrogen-bond donors (Lipinski definition) is 0. The number of hydrogen-bond acceptors (Lipinski definition) is 3. The lowest BCUT2D eigenvalue weighted by Crippen LogP contribution is -2.46. The highest BCUT2D eigenvalue weighted by molar-refractivity contribution is 9.10. The predicted octanol–water partition coefficient (Wildman–Crippen LogP) is 4.26. The second kappa shape index (κ2) is 7.51. The molecule has 0 radical (unpaired) electrons. The van der Waals surface area contributed by atoms with Gasteiger partial charge in [-0.15, -0.1) is 0 Å². The van der Waals surface area contributed by atoms with Crippen LogP contribution in [0.4, 0.5) is 4.39 Å². The Hall–Kier alpha value is -1.31. The third kappa shape index (κ3) is 4.65. The minimum Gasteiger partial charge on any atom is -0.261 e. The Kier molecular flexibility index (Phi) is 6.01. The summed E-state index contributed by atoms with van der Waals surface area (Å²) in [5.41, 5.74) is 0.508. The molecule has 0 aliphatic carbocycles. The number of benzene rings is 1. The van der Waals surface area contributed by atoms with Gasteiger partial charge in [-0.2, -0.15) is 4.31 Å². The highest BCUT2D eigenvalue weighted by Crippen LogP contribution is 2.32. The Bertz CT molecular complexity index is 836. The van der Waals surface area contributed by atoms with Crippen LogP contribution >= 0.6 is 15.9 Å². The number of pyridine rings is 1. The molecule has 0 aliphatic heterocycles. The van der Waals surface area contributed by atoms with Crippen molar-refractivity contribution in [1.29, 1.82) is 0 Å². The minimum atomic E-state index is -3.80. The molecule has 0 saturated carbocycles. The zero-order valence-corrected chi connectivity index (χ0v) is 17.1. The average molecular weight is 429 g/mol. The van der Waals surface area contributed by atoms with E-state index < -0.39 is 15.8 Å². The zero-order chi connectivity index (χ0) is 18.8. The third-order valence-corrected chi connectivity index (χ3v) is 6.96. The van der Waals surface area contributed by atoms with E-state index in [0.717, 1.165) is 17.8 Å². The van der Waals surface area contributed by atoms with Crippen molar-refractivity contribution in [3.63, 3.8) is 0 Å². The summed E-state index contributed by atoms with van der Waals surface area (Å²) in [5.74, 6) is -0.491. The standard InChI is InChI=1S/C18H22BrFN2O2S/c1-18(2,3)17(12-14-7-5-6-10-21-14)22(4)25(23,24)16-9-8-13(20)11-15(16)19/h5-11,17H,12H2,1-4H3. The van der Waals surface area contributed by atoms with Gasteiger partial charge >= 0.3 is 0 Å². The molecule has 1 unspecified atom stereocenters. The maximum Gasteiger partial charge on any atom is 0.244 e. The molecule has 0 amide bonds. The summed E-state index contributed by atoms with van der Waals surface area (Å²) in [7, 11) is -2.24. The van der Waals surface area contributed by atoms with Gasteiger partial charge in [0, 0.05) is 35.9 Å². The summed E-state index contributed by atoms with van der Waals surface area (Å²) in [6.07, 6.45) is 2.18. The van der Waals surface area contributed by atoms with Crippen LogP contribution in [0.2, 0.25) is 0 Å². The van der Waals surface area contributed by atoms with E-state index in [-0.39, 0.29) is 20.8 Å². The molecule has 0 fully saturated rings. The van der Waals surface area contributed by atoms with Crippen molar-refractivity contribution in [3.8, 4) is 0 Å². The lowest BCUT2D eigenvalue weighted by Gasteiger charge is -2.37. The summed E-state index contributed by atoms with van der Waals surface area (Å²) >= 11 is 3.16. The van der Waals surface area contributed by atoms with Gasteiger partial charge in [0.05, 0.1) is 4.90 Å². The first-order valence-electron chi connectivity index (χ1n) is 7.86. The Labute approximate surface area is 157 Å². The third-order valence-electron chi connectivity index (χ3n) is 4.12. The average Bonchev–Trinajstić information content (AvgIpc) is 2.51. The first-order valence-corrected chi connectivity index (χ1v) is 10.1. The van der Waals surface area contributed by atoms with Gasteiger partial charge in [0.1, 0.15) is 5.82 Å². The summed E-state index contributed by atoms with van der Waals surface area (Å²) in [6.45, 7) is 5.98. The molecule has 2 aromatic rings. The van der Waals surface area contributed by atoms with E-state index in [1.165, 1.54) is 10.4 Å². The normalized spacial score (nSPS) is 13.9. The van der Waals surface area contributed by atoms with Gasteiger partial charge in [-0.1, -0.05) is 26.8 Å². The summed E-state index contributed by atoms with van der Waals surface area (Å²) in [5, 5.41) is 0. The molecule has 7 heteroatoms. The van der Waals surface area contributed by atoms with Crippen molar-refractivity contribution >= 4 is 26.0 Å². The number of likely N-dealkylation sites (N-methyl/N-ethyl adjacent to an activating group) is 1. The molecule has 1 aromatic heterocycles. The minimum absolute atomic E-state index is 0.0478. The molecule has 0 aliphatic rings. The van der Waals surface area contributed by atoms with Gasteiger partial charge < -0.3 is 0 Å². The van der Waals surface area contributed by atoms with E-state index >= 15 is 0 Å². The van der Waals surface area contributed by atoms with Gasteiger partial charge in [0.25, 0.3) is 0 Å². The summed E-state index contributed by atoms with van der Waals surface area (Å²) < 4.78 is 41.1. The van der Waals surface area contributed by atoms with Gasteiger partial charge in [0.2, 0.25) is 10.0 Å². The topological polar surface area (TPSA) is 50.3 Å². The molecule has 1 aromatic carbocycles. The molecule has 0 N–H and O–H groups in total. The van der Waals surface area contributed by atoms with Gasteiger partial charge in [-0.25, -0.2) is 12.8 Å². The molecule has 1 heterocycles. The highest BCUT2D eigenvalue weighted by Gasteiger charge is 2.36. The lowest BCUT2D eigenvalue weighted by molar-refractivity contribution is 0.196. The quantitative estimate of drug-likeness (QED) is 0.714. The zero-order valence-electron chi connectivity index (χ0n) is 14.7. The molecule has 0 spiro atoms. The van der Waals surface area contributed by atoms with Crippen molar-refractivity contribution < 1.29 is 12.8 Å². The van der Waals surface area contributed by atoms with E-state index in [0.29, 0.717) is 6.42 Å². The fraction of sp³-hybridized carbons (Fsp3) is 0.389. The SMILES string of the molecule is CN(C(Cc1ccccn1)C(C)(C)C)S(=O)(=O)c1ccc(F)cc1Br. The second-order valence-corrected chi connectivity index (χ2v) is 9.82. The summed E-state index contributed by atoms with van der Waals surface area (Å²) in [4.78, 5) is 4.37. The Morgan fingerprint density at radius 2 is 1.92 bits per heavy atom. The second-order valence-electron chi connectivity index (χ2n) is 7.00. The summed E-state index contributed by atoms with van der Waals surface area (Å²) in [6, 6.07) is 8.86. The Morgan fingerprint density at radius 1 is 1.24 bits per heavy atom. The van der Waals surface area contributed by atoms with Crippen LogP contribution in [0.1, 0.15) is 26.5 Å². The van der Waals surface area contributed by atoms with Crippen LogP contribution in [0.25, 0.3) is 0 Å². The number of sulfonamides is 1. The van der Waals surface area contributed by atoms with Crippen LogP contribution < -0.4 is 0 Å². The molecule has 136 valence electrons. The molecular formula is C18H22BrFN2O2S. The van der Waals surface area contributed by atoms with E-state index in [1.54, 1.807) is 13.2 Å². The number of halogens is 2. The van der Waals surface area contributed by atoms with Crippen LogP contribution in [-0.4, -0.2) is 30.8 Å². The molecule has 1 atom stereocenters. The first kappa shape index (κ1) is 20.0. The van der Waals surface area contributed by atoms with Crippen LogP contribution in [0, 0.1) is 11.2 Å². The highest BCUT2D eigenvalue weighted by atomic mass is 79.9. The maximum absolute atomic E-state index is 13.3. The number of rotatable bonds is 5. The van der Waals surface area contributed by atoms with Gasteiger partial charge in [-0.3, -0.25) is 4.98 Å². The van der Waals surface area contributed by atoms with Gasteiger partial charge in [0.15, 0.2) is 0 Å². The number of nitrogens with zero attached hydrogens (tertiary/aromatic N) is 2. The first-order chi connectivity index (χ1) is 11.5. The fourth-order valence-corrected chi connectivity index (χ4v) is 5.25. The van der Waals surface area contributed by atoms with Crippen molar-refractivity contribution in [2.24, 2.45) is 5.41 Å². The van der Waals surface area contributed by atoms with E-state index in [9.17, 15) is 12.8 Å². The Balaban J connectivity index is 2.43. The van der Waals surface area contributed by atoms with Crippen LogP contribution in [0.15, 0.2) is 52.0 Å². The Morgan fingerprint density at radius 3 is 2.44 bits per heavy atom. The van der Waals surface area contributed by atoms with E-state index in [4.69, 9.17) is 0 Å². The van der Waals surface area contributed by atoms with E-state index in [2.05, 4.69) is 20.9 Å². The van der Waals surface area contributed by atoms with Crippen LogP contribution in [-0.2, 0) is 16.4 Å². The van der Waals surface area contributed by atoms with Crippen molar-refractivity contribution in [3.05, 3.63) is 58.6 Å². The number of aromatic nitrogens is 1. The smallest absolute Gasteiger partial charge is 0.244 e. The largest absolute Gasteiger partial charge is 0.261 e. The molecule has 4 nitrogen and oxygen atoms in total. The fourth-order valence-electron chi connectivity index (χ4n) is 2.70. The molecule has 2 rings (SSSR count). The molecular weight excluding hydrogens is 407 g/mol. The monoisotopic (exact) mass is 428 g/mol. The van der Waals surface area contributed by atoms with Gasteiger partial charge in [-0.05, 0) is 51.7 Å². The predicted molar refractivity (Wildman–Crippen MR) is 100 cm³/mol.